The maximum absolute atomic E-state index is 12.4. The molecule has 0 atom stereocenters. The largest absolute Gasteiger partial charge is 0.411 e. The summed E-state index contributed by atoms with van der Waals surface area (Å²) in [7, 11) is 0. The molecule has 1 N–H and O–H groups in total. The second-order valence-corrected chi connectivity index (χ2v) is 7.63. The van der Waals surface area contributed by atoms with Crippen LogP contribution in [0.5, 0.6) is 0 Å². The fourth-order valence-electron chi connectivity index (χ4n) is 3.29. The third-order valence-electron chi connectivity index (χ3n) is 4.76. The summed E-state index contributed by atoms with van der Waals surface area (Å²) in [5, 5.41) is 13.8. The lowest BCUT2D eigenvalue weighted by Gasteiger charge is -2.12. The number of nitrogens with zero attached hydrogens (tertiary/aromatic N) is 2. The SMILES string of the molecule is CCc1cccc(C)c1NC(=O)CSc1nnc(-c2cccc3ccccc23)o1. The topological polar surface area (TPSA) is 68.0 Å². The summed E-state index contributed by atoms with van der Waals surface area (Å²) in [4.78, 5) is 12.4. The van der Waals surface area contributed by atoms with Crippen LogP contribution in [0.3, 0.4) is 0 Å². The van der Waals surface area contributed by atoms with E-state index in [9.17, 15) is 4.79 Å². The lowest BCUT2D eigenvalue weighted by atomic mass is 10.0. The summed E-state index contributed by atoms with van der Waals surface area (Å²) in [6.45, 7) is 4.07. The number of para-hydroxylation sites is 1. The highest BCUT2D eigenvalue weighted by Crippen LogP contribution is 2.29. The van der Waals surface area contributed by atoms with E-state index in [1.165, 1.54) is 11.8 Å². The van der Waals surface area contributed by atoms with Crippen LogP contribution in [0.4, 0.5) is 5.69 Å². The molecule has 146 valence electrons. The van der Waals surface area contributed by atoms with Crippen LogP contribution in [-0.2, 0) is 11.2 Å². The number of hydrogen-bond donors (Lipinski definition) is 1. The van der Waals surface area contributed by atoms with E-state index in [4.69, 9.17) is 4.42 Å². The molecule has 0 fully saturated rings. The van der Waals surface area contributed by atoms with Crippen LogP contribution in [-0.4, -0.2) is 21.9 Å². The lowest BCUT2D eigenvalue weighted by molar-refractivity contribution is -0.113. The van der Waals surface area contributed by atoms with Gasteiger partial charge in [-0.15, -0.1) is 10.2 Å². The van der Waals surface area contributed by atoms with E-state index in [2.05, 4.69) is 22.4 Å². The minimum atomic E-state index is -0.0936. The van der Waals surface area contributed by atoms with Gasteiger partial charge in [0, 0.05) is 11.3 Å². The molecule has 1 amide bonds. The van der Waals surface area contributed by atoms with Crippen LogP contribution in [0.1, 0.15) is 18.1 Å². The number of aromatic nitrogens is 2. The van der Waals surface area contributed by atoms with E-state index in [1.807, 2.05) is 67.6 Å². The van der Waals surface area contributed by atoms with Gasteiger partial charge in [-0.1, -0.05) is 73.3 Å². The molecule has 1 heterocycles. The van der Waals surface area contributed by atoms with Gasteiger partial charge in [-0.3, -0.25) is 4.79 Å². The molecular weight excluding hydrogens is 382 g/mol. The van der Waals surface area contributed by atoms with E-state index in [-0.39, 0.29) is 11.7 Å². The smallest absolute Gasteiger partial charge is 0.277 e. The van der Waals surface area contributed by atoms with Gasteiger partial charge in [0.1, 0.15) is 0 Å². The number of nitrogens with one attached hydrogen (secondary N) is 1. The first-order valence-corrected chi connectivity index (χ1v) is 10.5. The Morgan fingerprint density at radius 1 is 1.03 bits per heavy atom. The molecule has 6 heteroatoms. The molecule has 5 nitrogen and oxygen atoms in total. The lowest BCUT2D eigenvalue weighted by Crippen LogP contribution is -2.16. The molecule has 0 aliphatic heterocycles. The number of anilines is 1. The molecule has 3 aromatic carbocycles. The van der Waals surface area contributed by atoms with Gasteiger partial charge in [0.05, 0.1) is 5.75 Å². The van der Waals surface area contributed by atoms with Crippen molar-refractivity contribution in [2.45, 2.75) is 25.5 Å². The number of fused-ring (bicyclic) bond motifs is 1. The minimum absolute atomic E-state index is 0.0936. The van der Waals surface area contributed by atoms with Crippen LogP contribution >= 0.6 is 11.8 Å². The molecule has 0 bridgehead atoms. The third-order valence-corrected chi connectivity index (χ3v) is 5.58. The summed E-state index contributed by atoms with van der Waals surface area (Å²) in [5.41, 5.74) is 3.96. The zero-order valence-corrected chi connectivity index (χ0v) is 17.1. The van der Waals surface area contributed by atoms with Crippen LogP contribution in [0.2, 0.25) is 0 Å². The van der Waals surface area contributed by atoms with Gasteiger partial charge in [-0.2, -0.15) is 0 Å². The van der Waals surface area contributed by atoms with Gasteiger partial charge in [0.2, 0.25) is 11.8 Å². The summed E-state index contributed by atoms with van der Waals surface area (Å²) in [5.74, 6) is 0.565. The van der Waals surface area contributed by atoms with Crippen molar-refractivity contribution in [1.82, 2.24) is 10.2 Å². The molecule has 0 saturated heterocycles. The predicted octanol–water partition coefficient (Wildman–Crippen LogP) is 5.49. The van der Waals surface area contributed by atoms with E-state index >= 15 is 0 Å². The third kappa shape index (κ3) is 4.17. The predicted molar refractivity (Wildman–Crippen MR) is 117 cm³/mol. The molecule has 0 aliphatic rings. The summed E-state index contributed by atoms with van der Waals surface area (Å²) in [6, 6.07) is 20.1. The Bertz CT molecular complexity index is 1160. The number of amides is 1. The molecule has 0 radical (unpaired) electrons. The number of carbonyl (C=O) groups is 1. The highest BCUT2D eigenvalue weighted by molar-refractivity contribution is 7.99. The minimum Gasteiger partial charge on any atom is -0.411 e. The molecular formula is C23H21N3O2S. The second kappa shape index (κ2) is 8.49. The monoisotopic (exact) mass is 403 g/mol. The molecule has 29 heavy (non-hydrogen) atoms. The number of hydrogen-bond acceptors (Lipinski definition) is 5. The Morgan fingerprint density at radius 3 is 2.69 bits per heavy atom. The summed E-state index contributed by atoms with van der Waals surface area (Å²) in [6.07, 6.45) is 0.864. The first-order chi connectivity index (χ1) is 14.2. The van der Waals surface area contributed by atoms with Crippen molar-refractivity contribution in [2.75, 3.05) is 11.1 Å². The van der Waals surface area contributed by atoms with E-state index in [0.717, 1.165) is 39.6 Å². The van der Waals surface area contributed by atoms with Gasteiger partial charge in [-0.25, -0.2) is 0 Å². The molecule has 4 rings (SSSR count). The zero-order valence-electron chi connectivity index (χ0n) is 16.3. The van der Waals surface area contributed by atoms with Crippen molar-refractivity contribution in [2.24, 2.45) is 0 Å². The molecule has 0 saturated carbocycles. The maximum Gasteiger partial charge on any atom is 0.277 e. The number of benzene rings is 3. The summed E-state index contributed by atoms with van der Waals surface area (Å²) >= 11 is 1.24. The van der Waals surface area contributed by atoms with Gasteiger partial charge >= 0.3 is 0 Å². The van der Waals surface area contributed by atoms with Crippen molar-refractivity contribution in [3.63, 3.8) is 0 Å². The van der Waals surface area contributed by atoms with Crippen LogP contribution < -0.4 is 5.32 Å². The number of carbonyl (C=O) groups excluding carboxylic acids is 1. The average molecular weight is 404 g/mol. The Labute approximate surface area is 173 Å². The maximum atomic E-state index is 12.4. The number of thioether (sulfide) groups is 1. The van der Waals surface area contributed by atoms with Crippen molar-refractivity contribution in [3.05, 3.63) is 71.8 Å². The first kappa shape index (κ1) is 19.2. The van der Waals surface area contributed by atoms with E-state index < -0.39 is 0 Å². The second-order valence-electron chi connectivity index (χ2n) is 6.70. The molecule has 4 aromatic rings. The molecule has 0 unspecified atom stereocenters. The van der Waals surface area contributed by atoms with Crippen LogP contribution in [0, 0.1) is 6.92 Å². The van der Waals surface area contributed by atoms with E-state index in [1.54, 1.807) is 0 Å². The van der Waals surface area contributed by atoms with Crippen molar-refractivity contribution in [3.8, 4) is 11.5 Å². The molecule has 0 aliphatic carbocycles. The van der Waals surface area contributed by atoms with Gasteiger partial charge in [-0.05, 0) is 41.3 Å². The van der Waals surface area contributed by atoms with E-state index in [0.29, 0.717) is 11.1 Å². The Hall–Kier alpha value is -3.12. The van der Waals surface area contributed by atoms with Crippen molar-refractivity contribution in [1.29, 1.82) is 0 Å². The Kier molecular flexibility index (Phi) is 5.62. The normalized spacial score (nSPS) is 11.0. The average Bonchev–Trinajstić information content (AvgIpc) is 3.22. The van der Waals surface area contributed by atoms with Crippen molar-refractivity contribution < 1.29 is 9.21 Å². The molecule has 0 spiro atoms. The van der Waals surface area contributed by atoms with Gasteiger partial charge in [0.25, 0.3) is 5.22 Å². The number of rotatable bonds is 6. The van der Waals surface area contributed by atoms with Crippen LogP contribution in [0.15, 0.2) is 70.3 Å². The Morgan fingerprint density at radius 2 is 1.83 bits per heavy atom. The highest BCUT2D eigenvalue weighted by Gasteiger charge is 2.14. The van der Waals surface area contributed by atoms with Crippen LogP contribution in [0.25, 0.3) is 22.2 Å². The van der Waals surface area contributed by atoms with Crippen molar-refractivity contribution >= 4 is 34.1 Å². The Balaban J connectivity index is 1.46. The molecule has 1 aromatic heterocycles. The summed E-state index contributed by atoms with van der Waals surface area (Å²) < 4.78 is 5.81. The first-order valence-electron chi connectivity index (χ1n) is 9.48. The van der Waals surface area contributed by atoms with Gasteiger partial charge in [0.15, 0.2) is 0 Å². The number of aryl methyl sites for hydroxylation is 2. The fourth-order valence-corrected chi connectivity index (χ4v) is 3.86. The quantitative estimate of drug-likeness (QED) is 0.431. The highest BCUT2D eigenvalue weighted by atomic mass is 32.2. The standard InChI is InChI=1S/C23H21N3O2S/c1-3-16-10-6-8-15(2)21(16)24-20(27)14-29-23-26-25-22(28-23)19-13-7-11-17-9-4-5-12-18(17)19/h4-13H,3,14H2,1-2H3,(H,24,27). The van der Waals surface area contributed by atoms with Gasteiger partial charge < -0.3 is 9.73 Å². The fraction of sp³-hybridized carbons (Fsp3) is 0.174. The zero-order chi connectivity index (χ0) is 20.2.